The summed E-state index contributed by atoms with van der Waals surface area (Å²) in [5.41, 5.74) is 0.690. The summed E-state index contributed by atoms with van der Waals surface area (Å²) in [5, 5.41) is 3.86. The average Bonchev–Trinajstić information content (AvgIpc) is 2.35. The van der Waals surface area contributed by atoms with Crippen molar-refractivity contribution >= 4 is 0 Å². The predicted octanol–water partition coefficient (Wildman–Crippen LogP) is 3.66. The van der Waals surface area contributed by atoms with E-state index in [-0.39, 0.29) is 0 Å². The molecular formula is C16H34N2. The Labute approximate surface area is 115 Å². The summed E-state index contributed by atoms with van der Waals surface area (Å²) in [4.78, 5) is 2.77. The van der Waals surface area contributed by atoms with Gasteiger partial charge in [-0.05, 0) is 31.6 Å². The highest BCUT2D eigenvalue weighted by Crippen LogP contribution is 2.33. The van der Waals surface area contributed by atoms with Crippen molar-refractivity contribution in [1.82, 2.24) is 10.2 Å². The number of piperazine rings is 1. The molecule has 0 amide bonds. The minimum absolute atomic E-state index is 0.338. The van der Waals surface area contributed by atoms with Crippen LogP contribution in [0.1, 0.15) is 67.7 Å². The fourth-order valence-corrected chi connectivity index (χ4v) is 3.17. The third kappa shape index (κ3) is 3.27. The van der Waals surface area contributed by atoms with Crippen molar-refractivity contribution < 1.29 is 0 Å². The third-order valence-electron chi connectivity index (χ3n) is 5.07. The zero-order chi connectivity index (χ0) is 14.0. The van der Waals surface area contributed by atoms with Crippen LogP contribution in [0.15, 0.2) is 0 Å². The summed E-state index contributed by atoms with van der Waals surface area (Å²) < 4.78 is 0. The minimum atomic E-state index is 0.338. The Morgan fingerprint density at radius 1 is 1.22 bits per heavy atom. The van der Waals surface area contributed by atoms with E-state index < -0.39 is 0 Å². The van der Waals surface area contributed by atoms with Crippen LogP contribution in [0.5, 0.6) is 0 Å². The summed E-state index contributed by atoms with van der Waals surface area (Å²) in [7, 11) is 0. The van der Waals surface area contributed by atoms with E-state index in [1.807, 2.05) is 0 Å². The molecule has 1 rings (SSSR count). The molecule has 2 nitrogen and oxygen atoms in total. The zero-order valence-electron chi connectivity index (χ0n) is 13.6. The van der Waals surface area contributed by atoms with Crippen molar-refractivity contribution in [2.75, 3.05) is 13.1 Å². The maximum absolute atomic E-state index is 3.86. The molecule has 0 aromatic rings. The molecule has 1 aliphatic rings. The van der Waals surface area contributed by atoms with Gasteiger partial charge in [-0.15, -0.1) is 0 Å². The van der Waals surface area contributed by atoms with Crippen LogP contribution in [0.25, 0.3) is 0 Å². The second kappa shape index (κ2) is 5.92. The van der Waals surface area contributed by atoms with Crippen molar-refractivity contribution in [3.8, 4) is 0 Å². The van der Waals surface area contributed by atoms with Gasteiger partial charge in [-0.3, -0.25) is 4.90 Å². The lowest BCUT2D eigenvalue weighted by Crippen LogP contribution is -2.68. The molecule has 2 unspecified atom stereocenters. The van der Waals surface area contributed by atoms with Crippen LogP contribution in [0, 0.1) is 5.41 Å². The van der Waals surface area contributed by atoms with Gasteiger partial charge in [-0.1, -0.05) is 41.5 Å². The van der Waals surface area contributed by atoms with Gasteiger partial charge >= 0.3 is 0 Å². The average molecular weight is 254 g/mol. The first-order valence-corrected chi connectivity index (χ1v) is 7.80. The van der Waals surface area contributed by atoms with Crippen LogP contribution in [-0.2, 0) is 0 Å². The molecule has 0 aliphatic carbocycles. The monoisotopic (exact) mass is 254 g/mol. The quantitative estimate of drug-likeness (QED) is 0.823. The lowest BCUT2D eigenvalue weighted by molar-refractivity contribution is -0.00734. The van der Waals surface area contributed by atoms with E-state index >= 15 is 0 Å². The highest BCUT2D eigenvalue weighted by atomic mass is 15.3. The van der Waals surface area contributed by atoms with Gasteiger partial charge in [0.2, 0.25) is 0 Å². The Bertz CT molecular complexity index is 250. The molecule has 0 aromatic carbocycles. The van der Waals surface area contributed by atoms with Gasteiger partial charge < -0.3 is 5.32 Å². The smallest absolute Gasteiger partial charge is 0.0304 e. The van der Waals surface area contributed by atoms with Gasteiger partial charge in [0, 0.05) is 30.7 Å². The lowest BCUT2D eigenvalue weighted by Gasteiger charge is -2.53. The van der Waals surface area contributed by atoms with Crippen molar-refractivity contribution in [1.29, 1.82) is 0 Å². The number of nitrogens with zero attached hydrogens (tertiary/aromatic N) is 1. The first-order valence-electron chi connectivity index (χ1n) is 7.80. The Kier molecular flexibility index (Phi) is 5.25. The Morgan fingerprint density at radius 3 is 2.17 bits per heavy atom. The molecular weight excluding hydrogens is 220 g/mol. The van der Waals surface area contributed by atoms with E-state index in [1.165, 1.54) is 25.8 Å². The van der Waals surface area contributed by atoms with Gasteiger partial charge in [0.15, 0.2) is 0 Å². The largest absolute Gasteiger partial charge is 0.308 e. The van der Waals surface area contributed by atoms with E-state index in [1.54, 1.807) is 0 Å². The molecule has 2 atom stereocenters. The van der Waals surface area contributed by atoms with Crippen molar-refractivity contribution in [3.63, 3.8) is 0 Å². The van der Waals surface area contributed by atoms with E-state index in [0.29, 0.717) is 23.0 Å². The standard InChI is InChI=1S/C16H34N2/c1-8-13(4)18-12-16(9-2,10-3)17-11-14(18)15(5,6)7/h13-14,17H,8-12H2,1-7H3. The molecule has 1 heterocycles. The van der Waals surface area contributed by atoms with E-state index in [0.717, 1.165) is 6.54 Å². The summed E-state index contributed by atoms with van der Waals surface area (Å²) in [5.74, 6) is 0. The molecule has 1 saturated heterocycles. The second-order valence-electron chi connectivity index (χ2n) is 7.18. The molecule has 18 heavy (non-hydrogen) atoms. The molecule has 0 saturated carbocycles. The number of hydrogen-bond donors (Lipinski definition) is 1. The number of hydrogen-bond acceptors (Lipinski definition) is 2. The molecule has 2 heteroatoms. The Balaban J connectivity index is 2.92. The van der Waals surface area contributed by atoms with Crippen LogP contribution in [0.2, 0.25) is 0 Å². The number of rotatable bonds is 4. The van der Waals surface area contributed by atoms with E-state index in [2.05, 4.69) is 58.7 Å². The highest BCUT2D eigenvalue weighted by molar-refractivity contribution is 5.01. The summed E-state index contributed by atoms with van der Waals surface area (Å²) >= 11 is 0. The summed E-state index contributed by atoms with van der Waals surface area (Å²) in [6, 6.07) is 1.34. The van der Waals surface area contributed by atoms with Crippen LogP contribution in [-0.4, -0.2) is 35.6 Å². The third-order valence-corrected chi connectivity index (χ3v) is 5.07. The highest BCUT2D eigenvalue weighted by Gasteiger charge is 2.42. The molecule has 1 N–H and O–H groups in total. The SMILES string of the molecule is CCC(C)N1CC(CC)(CC)NCC1C(C)(C)C. The molecule has 0 bridgehead atoms. The topological polar surface area (TPSA) is 15.3 Å². The number of nitrogens with one attached hydrogen (secondary N) is 1. The van der Waals surface area contributed by atoms with Gasteiger partial charge in [-0.25, -0.2) is 0 Å². The van der Waals surface area contributed by atoms with E-state index in [9.17, 15) is 0 Å². The van der Waals surface area contributed by atoms with Crippen LogP contribution in [0.4, 0.5) is 0 Å². The fraction of sp³-hybridized carbons (Fsp3) is 1.00. The van der Waals surface area contributed by atoms with Gasteiger partial charge in [0.25, 0.3) is 0 Å². The summed E-state index contributed by atoms with van der Waals surface area (Å²) in [6.07, 6.45) is 3.71. The molecule has 108 valence electrons. The predicted molar refractivity (Wildman–Crippen MR) is 81.0 cm³/mol. The molecule has 0 aromatic heterocycles. The zero-order valence-corrected chi connectivity index (χ0v) is 13.6. The summed E-state index contributed by atoms with van der Waals surface area (Å²) in [6.45, 7) is 18.8. The fourth-order valence-electron chi connectivity index (χ4n) is 3.17. The van der Waals surface area contributed by atoms with Crippen LogP contribution in [0.3, 0.4) is 0 Å². The Hall–Kier alpha value is -0.0800. The van der Waals surface area contributed by atoms with Crippen LogP contribution < -0.4 is 5.32 Å². The maximum atomic E-state index is 3.86. The van der Waals surface area contributed by atoms with Crippen molar-refractivity contribution in [3.05, 3.63) is 0 Å². The van der Waals surface area contributed by atoms with Crippen molar-refractivity contribution in [2.45, 2.75) is 85.4 Å². The first-order chi connectivity index (χ1) is 8.29. The molecule has 1 fully saturated rings. The first kappa shape index (κ1) is 16.0. The minimum Gasteiger partial charge on any atom is -0.308 e. The van der Waals surface area contributed by atoms with E-state index in [4.69, 9.17) is 0 Å². The Morgan fingerprint density at radius 2 is 1.78 bits per heavy atom. The molecule has 0 radical (unpaired) electrons. The maximum Gasteiger partial charge on any atom is 0.0304 e. The lowest BCUT2D eigenvalue weighted by atomic mass is 9.79. The van der Waals surface area contributed by atoms with Gasteiger partial charge in [-0.2, -0.15) is 0 Å². The van der Waals surface area contributed by atoms with Crippen molar-refractivity contribution in [2.24, 2.45) is 5.41 Å². The second-order valence-corrected chi connectivity index (χ2v) is 7.18. The molecule has 0 spiro atoms. The normalized spacial score (nSPS) is 27.2. The van der Waals surface area contributed by atoms with Gasteiger partial charge in [0.05, 0.1) is 0 Å². The van der Waals surface area contributed by atoms with Crippen LogP contribution >= 0.6 is 0 Å². The molecule has 1 aliphatic heterocycles. The van der Waals surface area contributed by atoms with Gasteiger partial charge in [0.1, 0.15) is 0 Å².